The van der Waals surface area contributed by atoms with Gasteiger partial charge in [0.15, 0.2) is 0 Å². The van der Waals surface area contributed by atoms with Gasteiger partial charge in [-0.3, -0.25) is 9.97 Å². The topological polar surface area (TPSA) is 37.8 Å². The van der Waals surface area contributed by atoms with Crippen LogP contribution >= 0.6 is 0 Å². The molecule has 1 atom stereocenters. The molecule has 2 aromatic rings. The summed E-state index contributed by atoms with van der Waals surface area (Å²) in [6, 6.07) is 2.93. The Kier molecular flexibility index (Phi) is 3.99. The van der Waals surface area contributed by atoms with Gasteiger partial charge in [-0.1, -0.05) is 0 Å². The largest absolute Gasteiger partial charge is 0.417 e. The molecule has 0 saturated carbocycles. The molecule has 0 fully saturated rings. The van der Waals surface area contributed by atoms with Crippen molar-refractivity contribution in [3.05, 3.63) is 59.4 Å². The molecule has 2 rings (SSSR count). The quantitative estimate of drug-likeness (QED) is 0.881. The van der Waals surface area contributed by atoms with Crippen molar-refractivity contribution >= 4 is 0 Å². The highest BCUT2D eigenvalue weighted by Gasteiger charge is 2.31. The van der Waals surface area contributed by atoms with Gasteiger partial charge in [0.2, 0.25) is 0 Å². The van der Waals surface area contributed by atoms with E-state index in [0.717, 1.165) is 18.5 Å². The monoisotopic (exact) mass is 285 g/mol. The van der Waals surface area contributed by atoms with E-state index < -0.39 is 23.6 Å². The van der Waals surface area contributed by atoms with Crippen LogP contribution in [-0.2, 0) is 6.18 Å². The van der Waals surface area contributed by atoms with E-state index in [1.165, 1.54) is 18.3 Å². The first-order valence-electron chi connectivity index (χ1n) is 5.72. The fourth-order valence-electron chi connectivity index (χ4n) is 1.82. The third-order valence-electron chi connectivity index (χ3n) is 2.76. The van der Waals surface area contributed by atoms with E-state index >= 15 is 0 Å². The van der Waals surface area contributed by atoms with E-state index in [2.05, 4.69) is 15.3 Å². The second-order valence-corrected chi connectivity index (χ2v) is 4.13. The second kappa shape index (κ2) is 5.54. The molecular formula is C13H11F4N3. The summed E-state index contributed by atoms with van der Waals surface area (Å²) < 4.78 is 50.5. The zero-order valence-corrected chi connectivity index (χ0v) is 10.4. The first-order valence-corrected chi connectivity index (χ1v) is 5.72. The molecule has 2 heterocycles. The Morgan fingerprint density at radius 3 is 2.40 bits per heavy atom. The van der Waals surface area contributed by atoms with E-state index in [9.17, 15) is 17.6 Å². The average molecular weight is 285 g/mol. The van der Waals surface area contributed by atoms with E-state index in [4.69, 9.17) is 0 Å². The molecule has 1 N–H and O–H groups in total. The lowest BCUT2D eigenvalue weighted by Crippen LogP contribution is -2.19. The predicted molar refractivity (Wildman–Crippen MR) is 64.3 cm³/mol. The number of rotatable bonds is 3. The van der Waals surface area contributed by atoms with Crippen molar-refractivity contribution < 1.29 is 17.6 Å². The molecule has 3 nitrogen and oxygen atoms in total. The molecule has 7 heteroatoms. The lowest BCUT2D eigenvalue weighted by Gasteiger charge is -2.16. The van der Waals surface area contributed by atoms with Crippen LogP contribution < -0.4 is 5.32 Å². The molecule has 0 spiro atoms. The third kappa shape index (κ3) is 3.11. The Labute approximate surface area is 112 Å². The predicted octanol–water partition coefficient (Wildman–Crippen LogP) is 2.94. The zero-order chi connectivity index (χ0) is 14.8. The molecule has 1 unspecified atom stereocenters. The summed E-state index contributed by atoms with van der Waals surface area (Å²) in [7, 11) is 1.61. The second-order valence-electron chi connectivity index (χ2n) is 4.13. The van der Waals surface area contributed by atoms with Gasteiger partial charge in [-0.05, 0) is 30.8 Å². The van der Waals surface area contributed by atoms with Gasteiger partial charge in [-0.25, -0.2) is 4.39 Å². The molecule has 0 saturated heterocycles. The number of aromatic nitrogens is 2. The molecule has 0 aliphatic heterocycles. The third-order valence-corrected chi connectivity index (χ3v) is 2.76. The molecule has 0 bridgehead atoms. The Balaban J connectivity index is 2.33. The van der Waals surface area contributed by atoms with Gasteiger partial charge >= 0.3 is 6.18 Å². The number of hydrogen-bond acceptors (Lipinski definition) is 3. The summed E-state index contributed by atoms with van der Waals surface area (Å²) in [5.41, 5.74) is 0.0149. The van der Waals surface area contributed by atoms with Crippen molar-refractivity contribution in [2.45, 2.75) is 12.2 Å². The SMILES string of the molecule is CNC(c1cncc(F)c1)c1ccc(C(F)(F)F)cn1. The summed E-state index contributed by atoms with van der Waals surface area (Å²) in [5, 5.41) is 2.87. The molecule has 2 aromatic heterocycles. The minimum Gasteiger partial charge on any atom is -0.308 e. The van der Waals surface area contributed by atoms with Crippen molar-refractivity contribution in [3.63, 3.8) is 0 Å². The number of pyridine rings is 2. The van der Waals surface area contributed by atoms with Crippen LogP contribution in [0.1, 0.15) is 22.9 Å². The Bertz CT molecular complexity index is 581. The highest BCUT2D eigenvalue weighted by Crippen LogP contribution is 2.29. The van der Waals surface area contributed by atoms with Crippen LogP contribution in [0, 0.1) is 5.82 Å². The number of hydrogen-bond donors (Lipinski definition) is 1. The van der Waals surface area contributed by atoms with E-state index in [1.54, 1.807) is 7.05 Å². The lowest BCUT2D eigenvalue weighted by atomic mass is 10.0. The van der Waals surface area contributed by atoms with E-state index in [1.807, 2.05) is 0 Å². The summed E-state index contributed by atoms with van der Waals surface area (Å²) in [4.78, 5) is 7.50. The van der Waals surface area contributed by atoms with Gasteiger partial charge in [0.25, 0.3) is 0 Å². The van der Waals surface area contributed by atoms with Crippen molar-refractivity contribution in [2.75, 3.05) is 7.05 Å². The molecule has 0 aliphatic rings. The molecule has 0 radical (unpaired) electrons. The maximum Gasteiger partial charge on any atom is 0.417 e. The van der Waals surface area contributed by atoms with Crippen molar-refractivity contribution in [1.29, 1.82) is 0 Å². The van der Waals surface area contributed by atoms with Crippen LogP contribution in [0.2, 0.25) is 0 Å². The molecule has 0 aromatic carbocycles. The number of nitrogens with zero attached hydrogens (tertiary/aromatic N) is 2. The van der Waals surface area contributed by atoms with Gasteiger partial charge in [0.05, 0.1) is 23.5 Å². The molecule has 20 heavy (non-hydrogen) atoms. The summed E-state index contributed by atoms with van der Waals surface area (Å²) >= 11 is 0. The van der Waals surface area contributed by atoms with Crippen LogP contribution in [-0.4, -0.2) is 17.0 Å². The van der Waals surface area contributed by atoms with Crippen LogP contribution in [0.25, 0.3) is 0 Å². The maximum atomic E-state index is 13.1. The smallest absolute Gasteiger partial charge is 0.308 e. The van der Waals surface area contributed by atoms with Gasteiger partial charge < -0.3 is 5.32 Å². The minimum atomic E-state index is -4.43. The van der Waals surface area contributed by atoms with Crippen molar-refractivity contribution in [3.8, 4) is 0 Å². The minimum absolute atomic E-state index is 0.355. The fraction of sp³-hybridized carbons (Fsp3) is 0.231. The van der Waals surface area contributed by atoms with Crippen molar-refractivity contribution in [1.82, 2.24) is 15.3 Å². The molecule has 0 amide bonds. The zero-order valence-electron chi connectivity index (χ0n) is 10.4. The van der Waals surface area contributed by atoms with Gasteiger partial charge in [0.1, 0.15) is 5.82 Å². The van der Waals surface area contributed by atoms with Crippen LogP contribution in [0.3, 0.4) is 0 Å². The summed E-state index contributed by atoms with van der Waals surface area (Å²) in [6.07, 6.45) is -1.19. The Morgan fingerprint density at radius 1 is 1.15 bits per heavy atom. The Morgan fingerprint density at radius 2 is 1.90 bits per heavy atom. The first kappa shape index (κ1) is 14.4. The summed E-state index contributed by atoms with van der Waals surface area (Å²) in [6.45, 7) is 0. The molecule has 0 aliphatic carbocycles. The highest BCUT2D eigenvalue weighted by atomic mass is 19.4. The molecule has 106 valence electrons. The normalized spacial score (nSPS) is 13.2. The van der Waals surface area contributed by atoms with E-state index in [0.29, 0.717) is 11.3 Å². The first-order chi connectivity index (χ1) is 9.41. The van der Waals surface area contributed by atoms with E-state index in [-0.39, 0.29) is 0 Å². The van der Waals surface area contributed by atoms with Crippen LogP contribution in [0.4, 0.5) is 17.6 Å². The Hall–Kier alpha value is -2.02. The standard InChI is InChI=1S/C13H11F4N3/c1-18-12(8-4-10(14)7-19-5-8)11-3-2-9(6-20-11)13(15,16)17/h2-7,12,18H,1H3. The van der Waals surface area contributed by atoms with Gasteiger partial charge in [-0.15, -0.1) is 0 Å². The average Bonchev–Trinajstić information content (AvgIpc) is 2.39. The summed E-state index contributed by atoms with van der Waals surface area (Å²) in [5.74, 6) is -0.519. The fourth-order valence-corrected chi connectivity index (χ4v) is 1.82. The molecular weight excluding hydrogens is 274 g/mol. The van der Waals surface area contributed by atoms with Crippen molar-refractivity contribution in [2.24, 2.45) is 0 Å². The lowest BCUT2D eigenvalue weighted by molar-refractivity contribution is -0.137. The maximum absolute atomic E-state index is 13.1. The highest BCUT2D eigenvalue weighted by molar-refractivity contribution is 5.27. The van der Waals surface area contributed by atoms with Gasteiger partial charge in [-0.2, -0.15) is 13.2 Å². The number of nitrogens with one attached hydrogen (secondary N) is 1. The van der Waals surface area contributed by atoms with Crippen LogP contribution in [0.15, 0.2) is 36.8 Å². The van der Waals surface area contributed by atoms with Crippen LogP contribution in [0.5, 0.6) is 0 Å². The number of halogens is 4. The number of alkyl halides is 3. The van der Waals surface area contributed by atoms with Gasteiger partial charge in [0, 0.05) is 12.4 Å².